The van der Waals surface area contributed by atoms with E-state index in [1.165, 1.54) is 0 Å². The van der Waals surface area contributed by atoms with Crippen LogP contribution in [0.1, 0.15) is 21.5 Å². The summed E-state index contributed by atoms with van der Waals surface area (Å²) in [6.07, 6.45) is 0. The zero-order chi connectivity index (χ0) is 14.5. The van der Waals surface area contributed by atoms with Gasteiger partial charge in [-0.1, -0.05) is 40.2 Å². The van der Waals surface area contributed by atoms with E-state index in [9.17, 15) is 4.79 Å². The largest absolute Gasteiger partial charge is 0.398 e. The first-order valence-corrected chi connectivity index (χ1v) is 6.91. The fraction of sp³-hybridized carbons (Fsp3) is 0.133. The van der Waals surface area contributed by atoms with Gasteiger partial charge in [-0.15, -0.1) is 0 Å². The number of aliphatic hydroxyl groups excluding tert-OH is 1. The van der Waals surface area contributed by atoms with Crippen molar-refractivity contribution in [2.45, 2.75) is 13.2 Å². The number of anilines is 1. The summed E-state index contributed by atoms with van der Waals surface area (Å²) in [4.78, 5) is 12.0. The Labute approximate surface area is 125 Å². The van der Waals surface area contributed by atoms with E-state index >= 15 is 0 Å². The van der Waals surface area contributed by atoms with E-state index < -0.39 is 0 Å². The number of hydrogen-bond acceptors (Lipinski definition) is 3. The molecule has 104 valence electrons. The van der Waals surface area contributed by atoms with Gasteiger partial charge in [0.05, 0.1) is 12.2 Å². The number of hydrogen-bond donors (Lipinski definition) is 3. The van der Waals surface area contributed by atoms with Crippen LogP contribution in [-0.2, 0) is 13.2 Å². The minimum Gasteiger partial charge on any atom is -0.398 e. The molecule has 2 aromatic rings. The van der Waals surface area contributed by atoms with E-state index in [1.807, 2.05) is 24.3 Å². The Morgan fingerprint density at radius 3 is 2.65 bits per heavy atom. The van der Waals surface area contributed by atoms with Crippen LogP contribution in [0, 0.1) is 0 Å². The second-order valence-corrected chi connectivity index (χ2v) is 5.31. The summed E-state index contributed by atoms with van der Waals surface area (Å²) in [5.41, 5.74) is 8.45. The molecule has 0 saturated carbocycles. The minimum atomic E-state index is -0.218. The lowest BCUT2D eigenvalue weighted by Gasteiger charge is -2.08. The third-order valence-electron chi connectivity index (χ3n) is 2.89. The van der Waals surface area contributed by atoms with Crippen LogP contribution in [0.25, 0.3) is 0 Å². The molecule has 2 aromatic carbocycles. The molecule has 0 bridgehead atoms. The number of nitrogen functional groups attached to an aromatic ring is 1. The predicted octanol–water partition coefficient (Wildman–Crippen LogP) is 2.45. The molecule has 0 aliphatic carbocycles. The highest BCUT2D eigenvalue weighted by molar-refractivity contribution is 9.10. The molecule has 5 heteroatoms. The van der Waals surface area contributed by atoms with Crippen molar-refractivity contribution in [2.75, 3.05) is 5.73 Å². The summed E-state index contributed by atoms with van der Waals surface area (Å²) < 4.78 is 0.835. The number of nitrogens with two attached hydrogens (primary N) is 1. The van der Waals surface area contributed by atoms with Crippen LogP contribution < -0.4 is 11.1 Å². The van der Waals surface area contributed by atoms with Gasteiger partial charge in [0.1, 0.15) is 0 Å². The van der Waals surface area contributed by atoms with E-state index in [1.54, 1.807) is 18.2 Å². The van der Waals surface area contributed by atoms with Crippen LogP contribution >= 0.6 is 15.9 Å². The molecule has 0 saturated heterocycles. The first-order chi connectivity index (χ1) is 9.60. The lowest BCUT2D eigenvalue weighted by molar-refractivity contribution is 0.0952. The number of amides is 1. The zero-order valence-electron chi connectivity index (χ0n) is 10.8. The van der Waals surface area contributed by atoms with Gasteiger partial charge in [0, 0.05) is 16.7 Å². The number of aliphatic hydroxyl groups is 1. The van der Waals surface area contributed by atoms with Crippen molar-refractivity contribution >= 4 is 27.5 Å². The van der Waals surface area contributed by atoms with Crippen LogP contribution in [0.2, 0.25) is 0 Å². The average molecular weight is 335 g/mol. The Morgan fingerprint density at radius 2 is 1.95 bits per heavy atom. The summed E-state index contributed by atoms with van der Waals surface area (Å²) in [6, 6.07) is 12.6. The molecule has 20 heavy (non-hydrogen) atoms. The molecule has 2 rings (SSSR count). The van der Waals surface area contributed by atoms with E-state index in [0.29, 0.717) is 17.8 Å². The fourth-order valence-corrected chi connectivity index (χ4v) is 2.23. The first-order valence-electron chi connectivity index (χ1n) is 6.12. The average Bonchev–Trinajstić information content (AvgIpc) is 2.45. The number of rotatable bonds is 4. The van der Waals surface area contributed by atoms with Crippen LogP contribution in [0.5, 0.6) is 0 Å². The lowest BCUT2D eigenvalue weighted by Crippen LogP contribution is -2.23. The van der Waals surface area contributed by atoms with Gasteiger partial charge < -0.3 is 16.2 Å². The van der Waals surface area contributed by atoms with Gasteiger partial charge in [-0.05, 0) is 29.3 Å². The van der Waals surface area contributed by atoms with Gasteiger partial charge >= 0.3 is 0 Å². The third kappa shape index (κ3) is 3.59. The van der Waals surface area contributed by atoms with Gasteiger partial charge in [-0.25, -0.2) is 0 Å². The summed E-state index contributed by atoms with van der Waals surface area (Å²) >= 11 is 3.30. The highest BCUT2D eigenvalue weighted by Crippen LogP contribution is 2.18. The van der Waals surface area contributed by atoms with Crippen molar-refractivity contribution in [1.29, 1.82) is 0 Å². The molecule has 0 aromatic heterocycles. The van der Waals surface area contributed by atoms with Crippen molar-refractivity contribution in [1.82, 2.24) is 5.32 Å². The van der Waals surface area contributed by atoms with E-state index in [2.05, 4.69) is 21.2 Å². The third-order valence-corrected chi connectivity index (χ3v) is 3.38. The predicted molar refractivity (Wildman–Crippen MR) is 82.1 cm³/mol. The van der Waals surface area contributed by atoms with Gasteiger partial charge in [0.2, 0.25) is 0 Å². The summed E-state index contributed by atoms with van der Waals surface area (Å²) in [5.74, 6) is -0.218. The topological polar surface area (TPSA) is 75.4 Å². The normalized spacial score (nSPS) is 10.3. The number of halogens is 1. The molecule has 0 atom stereocenters. The zero-order valence-corrected chi connectivity index (χ0v) is 12.4. The molecule has 0 aliphatic heterocycles. The molecule has 4 nitrogen and oxygen atoms in total. The number of carbonyl (C=O) groups excluding carboxylic acids is 1. The highest BCUT2D eigenvalue weighted by atomic mass is 79.9. The molecule has 0 fully saturated rings. The van der Waals surface area contributed by atoms with Gasteiger partial charge in [0.15, 0.2) is 0 Å². The van der Waals surface area contributed by atoms with Crippen molar-refractivity contribution in [3.63, 3.8) is 0 Å². The molecule has 0 radical (unpaired) electrons. The summed E-state index contributed by atoms with van der Waals surface area (Å²) in [7, 11) is 0. The lowest BCUT2D eigenvalue weighted by atomic mass is 10.1. The standard InChI is InChI=1S/C15H15BrN2O2/c16-12-4-5-13(14(17)7-12)15(20)18-8-10-2-1-3-11(6-10)9-19/h1-7,19H,8-9,17H2,(H,18,20). The van der Waals surface area contributed by atoms with E-state index in [0.717, 1.165) is 15.6 Å². The summed E-state index contributed by atoms with van der Waals surface area (Å²) in [5, 5.41) is 11.9. The van der Waals surface area contributed by atoms with Crippen molar-refractivity contribution in [2.24, 2.45) is 0 Å². The Kier molecular flexibility index (Phi) is 4.76. The van der Waals surface area contributed by atoms with Crippen molar-refractivity contribution in [3.8, 4) is 0 Å². The molecular formula is C15H15BrN2O2. The fourth-order valence-electron chi connectivity index (χ4n) is 1.86. The smallest absolute Gasteiger partial charge is 0.253 e. The van der Waals surface area contributed by atoms with Crippen molar-refractivity contribution < 1.29 is 9.90 Å². The molecule has 0 heterocycles. The molecular weight excluding hydrogens is 320 g/mol. The number of benzene rings is 2. The van der Waals surface area contributed by atoms with Crippen molar-refractivity contribution in [3.05, 3.63) is 63.6 Å². The van der Waals surface area contributed by atoms with Gasteiger partial charge in [-0.3, -0.25) is 4.79 Å². The molecule has 4 N–H and O–H groups in total. The number of nitrogens with one attached hydrogen (secondary N) is 1. The molecule has 0 spiro atoms. The van der Waals surface area contributed by atoms with E-state index in [4.69, 9.17) is 10.8 Å². The summed E-state index contributed by atoms with van der Waals surface area (Å²) in [6.45, 7) is 0.379. The SMILES string of the molecule is Nc1cc(Br)ccc1C(=O)NCc1cccc(CO)c1. The first kappa shape index (κ1) is 14.6. The minimum absolute atomic E-state index is 0.0125. The van der Waals surface area contributed by atoms with E-state index in [-0.39, 0.29) is 12.5 Å². The maximum Gasteiger partial charge on any atom is 0.253 e. The monoisotopic (exact) mass is 334 g/mol. The van der Waals surface area contributed by atoms with Crippen LogP contribution in [0.3, 0.4) is 0 Å². The molecule has 0 aliphatic rings. The Hall–Kier alpha value is -1.85. The Balaban J connectivity index is 2.04. The quantitative estimate of drug-likeness (QED) is 0.752. The molecule has 1 amide bonds. The van der Waals surface area contributed by atoms with Crippen LogP contribution in [0.4, 0.5) is 5.69 Å². The Bertz CT molecular complexity index is 629. The second kappa shape index (κ2) is 6.54. The van der Waals surface area contributed by atoms with Gasteiger partial charge in [0.25, 0.3) is 5.91 Å². The number of carbonyl (C=O) groups is 1. The maximum absolute atomic E-state index is 12.0. The Morgan fingerprint density at radius 1 is 1.20 bits per heavy atom. The second-order valence-electron chi connectivity index (χ2n) is 4.39. The van der Waals surface area contributed by atoms with Crippen LogP contribution in [0.15, 0.2) is 46.9 Å². The van der Waals surface area contributed by atoms with Crippen LogP contribution in [-0.4, -0.2) is 11.0 Å². The maximum atomic E-state index is 12.0. The molecule has 0 unspecified atom stereocenters. The highest BCUT2D eigenvalue weighted by Gasteiger charge is 2.09. The van der Waals surface area contributed by atoms with Gasteiger partial charge in [-0.2, -0.15) is 0 Å².